The second-order valence-corrected chi connectivity index (χ2v) is 7.03. The molecular weight excluding hydrogens is 410 g/mol. The Morgan fingerprint density at radius 2 is 1.56 bits per heavy atom. The fraction of sp³-hybridized carbons (Fsp3) is 0.0833. The number of aromatic nitrogens is 1. The van der Waals surface area contributed by atoms with Crippen LogP contribution in [0.3, 0.4) is 0 Å². The lowest BCUT2D eigenvalue weighted by atomic mass is 10.1. The van der Waals surface area contributed by atoms with Gasteiger partial charge < -0.3 is 20.1 Å². The molecule has 0 unspecified atom stereocenters. The van der Waals surface area contributed by atoms with E-state index in [-0.39, 0.29) is 16.7 Å². The lowest BCUT2D eigenvalue weighted by Gasteiger charge is -2.12. The van der Waals surface area contributed by atoms with E-state index in [1.807, 2.05) is 6.07 Å². The summed E-state index contributed by atoms with van der Waals surface area (Å²) >= 11 is 0. The van der Waals surface area contributed by atoms with E-state index < -0.39 is 17.8 Å². The van der Waals surface area contributed by atoms with E-state index in [1.165, 1.54) is 18.2 Å². The van der Waals surface area contributed by atoms with Gasteiger partial charge in [-0.1, -0.05) is 18.2 Å². The molecule has 1 aromatic heterocycles. The number of nitriles is 1. The van der Waals surface area contributed by atoms with E-state index >= 15 is 0 Å². The number of amides is 1. The van der Waals surface area contributed by atoms with Gasteiger partial charge in [0.1, 0.15) is 11.6 Å². The van der Waals surface area contributed by atoms with Crippen LogP contribution in [0.2, 0.25) is 0 Å². The van der Waals surface area contributed by atoms with Crippen molar-refractivity contribution in [1.29, 1.82) is 5.26 Å². The number of carbonyl (C=O) groups excluding carboxylic acids is 1. The maximum atomic E-state index is 12.5. The molecule has 8 nitrogen and oxygen atoms in total. The molecule has 1 amide bonds. The van der Waals surface area contributed by atoms with Crippen molar-refractivity contribution in [3.63, 3.8) is 0 Å². The Kier molecular flexibility index (Phi) is 6.21. The first-order valence-electron chi connectivity index (χ1n) is 9.50. The van der Waals surface area contributed by atoms with Gasteiger partial charge in [0.2, 0.25) is 0 Å². The van der Waals surface area contributed by atoms with Gasteiger partial charge in [0, 0.05) is 22.8 Å². The molecule has 0 aliphatic rings. The van der Waals surface area contributed by atoms with Crippen LogP contribution in [0.4, 0.5) is 5.69 Å². The molecule has 0 fully saturated rings. The number of para-hydroxylation sites is 1. The van der Waals surface area contributed by atoms with Crippen LogP contribution in [0.15, 0.2) is 60.2 Å². The van der Waals surface area contributed by atoms with Crippen molar-refractivity contribution >= 4 is 29.6 Å². The van der Waals surface area contributed by atoms with Crippen molar-refractivity contribution < 1.29 is 24.6 Å². The molecule has 0 saturated carbocycles. The smallest absolute Gasteiger partial charge is 0.335 e. The maximum absolute atomic E-state index is 12.5. The summed E-state index contributed by atoms with van der Waals surface area (Å²) in [5, 5.41) is 30.9. The third-order valence-corrected chi connectivity index (χ3v) is 4.84. The van der Waals surface area contributed by atoms with E-state index in [9.17, 15) is 29.9 Å². The molecule has 3 rings (SSSR count). The third-order valence-electron chi connectivity index (χ3n) is 4.84. The Hall–Kier alpha value is -4.64. The number of nitrogens with zero attached hydrogens (tertiary/aromatic N) is 2. The lowest BCUT2D eigenvalue weighted by Crippen LogP contribution is -2.13. The van der Waals surface area contributed by atoms with Gasteiger partial charge in [-0.15, -0.1) is 0 Å². The monoisotopic (exact) mass is 429 g/mol. The molecule has 3 N–H and O–H groups in total. The minimum atomic E-state index is -1.25. The van der Waals surface area contributed by atoms with Crippen LogP contribution in [0.5, 0.6) is 0 Å². The van der Waals surface area contributed by atoms with E-state index in [0.717, 1.165) is 6.07 Å². The third kappa shape index (κ3) is 4.57. The Morgan fingerprint density at radius 3 is 2.09 bits per heavy atom. The number of anilines is 1. The highest BCUT2D eigenvalue weighted by molar-refractivity contribution is 6.09. The minimum absolute atomic E-state index is 0.111. The zero-order valence-electron chi connectivity index (χ0n) is 17.3. The van der Waals surface area contributed by atoms with E-state index in [1.54, 1.807) is 54.8 Å². The summed E-state index contributed by atoms with van der Waals surface area (Å²) in [5.74, 6) is -3.06. The molecule has 0 aliphatic carbocycles. The van der Waals surface area contributed by atoms with Crippen molar-refractivity contribution in [3.8, 4) is 11.8 Å². The first-order valence-corrected chi connectivity index (χ1v) is 9.50. The average molecular weight is 429 g/mol. The fourth-order valence-electron chi connectivity index (χ4n) is 3.34. The molecule has 160 valence electrons. The molecule has 0 spiro atoms. The quantitative estimate of drug-likeness (QED) is 0.400. The van der Waals surface area contributed by atoms with E-state index in [2.05, 4.69) is 5.32 Å². The van der Waals surface area contributed by atoms with Gasteiger partial charge >= 0.3 is 11.9 Å². The van der Waals surface area contributed by atoms with Crippen molar-refractivity contribution in [3.05, 3.63) is 88.2 Å². The minimum Gasteiger partial charge on any atom is -0.478 e. The second-order valence-electron chi connectivity index (χ2n) is 7.03. The number of benzene rings is 2. The number of carboxylic acids is 2. The van der Waals surface area contributed by atoms with E-state index in [4.69, 9.17) is 0 Å². The Morgan fingerprint density at radius 1 is 0.969 bits per heavy atom. The van der Waals surface area contributed by atoms with Crippen LogP contribution in [0.25, 0.3) is 11.8 Å². The number of aryl methyl sites for hydroxylation is 1. The number of rotatable bonds is 6. The highest BCUT2D eigenvalue weighted by Gasteiger charge is 2.17. The summed E-state index contributed by atoms with van der Waals surface area (Å²) in [5.41, 5.74) is 2.32. The fourth-order valence-corrected chi connectivity index (χ4v) is 3.34. The molecular formula is C24H19N3O5. The summed E-state index contributed by atoms with van der Waals surface area (Å²) in [4.78, 5) is 35.4. The van der Waals surface area contributed by atoms with Crippen LogP contribution in [0.1, 0.15) is 37.7 Å². The predicted molar refractivity (Wildman–Crippen MR) is 118 cm³/mol. The number of nitrogens with one attached hydrogen (secondary N) is 1. The predicted octanol–water partition coefficient (Wildman–Crippen LogP) is 4.04. The summed E-state index contributed by atoms with van der Waals surface area (Å²) in [6.07, 6.45) is 1.44. The first-order chi connectivity index (χ1) is 15.2. The topological polar surface area (TPSA) is 132 Å². The van der Waals surface area contributed by atoms with Crippen LogP contribution in [0, 0.1) is 25.2 Å². The summed E-state index contributed by atoms with van der Waals surface area (Å²) < 4.78 is 1.68. The summed E-state index contributed by atoms with van der Waals surface area (Å²) in [7, 11) is 0. The SMILES string of the molecule is Cc1cc(/C=C(/C#N)C(=O)Nc2ccccc2)c(C)n1-c1cc(C(=O)O)cc(C(=O)O)c1. The maximum Gasteiger partial charge on any atom is 0.335 e. The summed E-state index contributed by atoms with van der Waals surface area (Å²) in [6.45, 7) is 3.49. The second kappa shape index (κ2) is 9.02. The van der Waals surface area contributed by atoms with Crippen molar-refractivity contribution in [2.45, 2.75) is 13.8 Å². The van der Waals surface area contributed by atoms with Gasteiger partial charge in [-0.3, -0.25) is 4.79 Å². The molecule has 32 heavy (non-hydrogen) atoms. The lowest BCUT2D eigenvalue weighted by molar-refractivity contribution is -0.112. The van der Waals surface area contributed by atoms with Crippen molar-refractivity contribution in [1.82, 2.24) is 4.57 Å². The number of hydrogen-bond donors (Lipinski definition) is 3. The number of carboxylic acid groups (broad SMARTS) is 2. The molecule has 0 saturated heterocycles. The van der Waals surface area contributed by atoms with E-state index in [0.29, 0.717) is 28.3 Å². The number of aromatic carboxylic acids is 2. The number of hydrogen-bond acceptors (Lipinski definition) is 4. The van der Waals surface area contributed by atoms with Crippen molar-refractivity contribution in [2.75, 3.05) is 5.32 Å². The highest BCUT2D eigenvalue weighted by atomic mass is 16.4. The Labute approximate surface area is 183 Å². The average Bonchev–Trinajstić information content (AvgIpc) is 3.04. The Balaban J connectivity index is 2.04. The van der Waals surface area contributed by atoms with Crippen LogP contribution in [-0.4, -0.2) is 32.6 Å². The normalized spacial score (nSPS) is 11.0. The molecule has 0 aliphatic heterocycles. The number of carbonyl (C=O) groups is 3. The Bertz CT molecular complexity index is 1260. The van der Waals surface area contributed by atoms with Crippen LogP contribution in [-0.2, 0) is 4.79 Å². The van der Waals surface area contributed by atoms with Gasteiger partial charge in [0.05, 0.1) is 11.1 Å². The first kappa shape index (κ1) is 22.1. The molecule has 2 aromatic carbocycles. The van der Waals surface area contributed by atoms with Gasteiger partial charge in [-0.25, -0.2) is 9.59 Å². The largest absolute Gasteiger partial charge is 0.478 e. The zero-order chi connectivity index (χ0) is 23.4. The zero-order valence-corrected chi connectivity index (χ0v) is 17.3. The van der Waals surface area contributed by atoms with Gasteiger partial charge in [0.25, 0.3) is 5.91 Å². The molecule has 8 heteroatoms. The molecule has 0 bridgehead atoms. The molecule has 0 atom stereocenters. The van der Waals surface area contributed by atoms with Gasteiger partial charge in [0.15, 0.2) is 0 Å². The van der Waals surface area contributed by atoms with Gasteiger partial charge in [-0.2, -0.15) is 5.26 Å². The molecule has 1 heterocycles. The van der Waals surface area contributed by atoms with Crippen LogP contribution >= 0.6 is 0 Å². The van der Waals surface area contributed by atoms with Gasteiger partial charge in [-0.05, 0) is 61.9 Å². The van der Waals surface area contributed by atoms with Crippen molar-refractivity contribution in [2.24, 2.45) is 0 Å². The molecule has 0 radical (unpaired) electrons. The van der Waals surface area contributed by atoms with Crippen LogP contribution < -0.4 is 5.32 Å². The highest BCUT2D eigenvalue weighted by Crippen LogP contribution is 2.25. The summed E-state index contributed by atoms with van der Waals surface area (Å²) in [6, 6.07) is 16.2. The molecule has 3 aromatic rings. The standard InChI is InChI=1S/C24H19N3O5/c1-14-8-16(9-19(13-25)22(28)26-20-6-4-3-5-7-20)15(2)27(14)21-11-17(23(29)30)10-18(12-21)24(31)32/h3-12H,1-2H3,(H,26,28)(H,29,30)(H,31,32)/b19-9-.